The van der Waals surface area contributed by atoms with E-state index in [1.165, 1.54) is 6.07 Å². The van der Waals surface area contributed by atoms with Gasteiger partial charge in [-0.05, 0) is 28.1 Å². The van der Waals surface area contributed by atoms with Crippen molar-refractivity contribution in [3.8, 4) is 11.5 Å². The van der Waals surface area contributed by atoms with E-state index in [-0.39, 0.29) is 35.2 Å². The van der Waals surface area contributed by atoms with Crippen LogP contribution in [0.25, 0.3) is 0 Å². The summed E-state index contributed by atoms with van der Waals surface area (Å²) in [5.74, 6) is 0.824. The number of nitrogens with two attached hydrogens (primary N) is 1. The van der Waals surface area contributed by atoms with Crippen LogP contribution in [-0.4, -0.2) is 18.2 Å². The Balaban J connectivity index is 1.82. The molecule has 1 aliphatic heterocycles. The molecule has 4 nitrogen and oxygen atoms in total. The SMILES string of the molecule is Nc1nc(Cl)c(Br)cc1OC[C@H]1COc2ccc(F)c(CCl)c21. The van der Waals surface area contributed by atoms with Crippen LogP contribution in [0.1, 0.15) is 17.0 Å². The summed E-state index contributed by atoms with van der Waals surface area (Å²) in [7, 11) is 0. The number of ether oxygens (including phenoxy) is 2. The Labute approximate surface area is 150 Å². The van der Waals surface area contributed by atoms with Crippen LogP contribution < -0.4 is 15.2 Å². The first kappa shape index (κ1) is 16.6. The van der Waals surface area contributed by atoms with Crippen molar-refractivity contribution in [2.24, 2.45) is 0 Å². The number of fused-ring (bicyclic) bond motifs is 1. The lowest BCUT2D eigenvalue weighted by molar-refractivity contribution is 0.248. The number of nitrogens with zero attached hydrogens (tertiary/aromatic N) is 1. The van der Waals surface area contributed by atoms with Crippen LogP contribution in [-0.2, 0) is 5.88 Å². The molecule has 2 aromatic rings. The average molecular weight is 422 g/mol. The van der Waals surface area contributed by atoms with E-state index in [4.69, 9.17) is 38.4 Å². The molecule has 0 saturated carbocycles. The maximum Gasteiger partial charge on any atom is 0.167 e. The Kier molecular flexibility index (Phi) is 4.85. The molecule has 0 bridgehead atoms. The molecule has 1 aromatic carbocycles. The minimum absolute atomic E-state index is 0.0745. The van der Waals surface area contributed by atoms with Crippen molar-refractivity contribution in [2.45, 2.75) is 11.8 Å². The molecule has 0 radical (unpaired) electrons. The second kappa shape index (κ2) is 6.71. The fraction of sp³-hybridized carbons (Fsp3) is 0.267. The van der Waals surface area contributed by atoms with Gasteiger partial charge in [-0.15, -0.1) is 11.6 Å². The van der Waals surface area contributed by atoms with Crippen molar-refractivity contribution in [3.63, 3.8) is 0 Å². The van der Waals surface area contributed by atoms with E-state index in [1.54, 1.807) is 12.1 Å². The maximum absolute atomic E-state index is 13.9. The number of benzene rings is 1. The topological polar surface area (TPSA) is 57.4 Å². The molecule has 3 rings (SSSR count). The number of hydrogen-bond donors (Lipinski definition) is 1. The Bertz CT molecular complexity index is 761. The third kappa shape index (κ3) is 3.20. The van der Waals surface area contributed by atoms with Gasteiger partial charge in [-0.1, -0.05) is 11.6 Å². The van der Waals surface area contributed by atoms with Gasteiger partial charge in [0.25, 0.3) is 0 Å². The first-order valence-electron chi connectivity index (χ1n) is 6.75. The normalized spacial score (nSPS) is 16.1. The highest BCUT2D eigenvalue weighted by atomic mass is 79.9. The summed E-state index contributed by atoms with van der Waals surface area (Å²) >= 11 is 15.0. The van der Waals surface area contributed by atoms with Gasteiger partial charge >= 0.3 is 0 Å². The minimum atomic E-state index is -0.343. The molecular weight excluding hydrogens is 410 g/mol. The fourth-order valence-corrected chi connectivity index (χ4v) is 3.21. The van der Waals surface area contributed by atoms with Gasteiger partial charge in [0, 0.05) is 17.2 Å². The smallest absolute Gasteiger partial charge is 0.167 e. The van der Waals surface area contributed by atoms with Crippen LogP contribution in [0.4, 0.5) is 10.2 Å². The fourth-order valence-electron chi connectivity index (χ4n) is 2.50. The van der Waals surface area contributed by atoms with Crippen molar-refractivity contribution in [1.29, 1.82) is 0 Å². The molecule has 0 fully saturated rings. The van der Waals surface area contributed by atoms with Crippen molar-refractivity contribution >= 4 is 44.9 Å². The van der Waals surface area contributed by atoms with E-state index in [1.807, 2.05) is 0 Å². The summed E-state index contributed by atoms with van der Waals surface area (Å²) in [5.41, 5.74) is 6.99. The zero-order valence-corrected chi connectivity index (χ0v) is 14.9. The number of aromatic nitrogens is 1. The molecule has 0 unspecified atom stereocenters. The van der Waals surface area contributed by atoms with E-state index in [9.17, 15) is 4.39 Å². The van der Waals surface area contributed by atoms with Gasteiger partial charge in [-0.25, -0.2) is 9.37 Å². The minimum Gasteiger partial charge on any atom is -0.493 e. The lowest BCUT2D eigenvalue weighted by Crippen LogP contribution is -2.14. The van der Waals surface area contributed by atoms with Crippen molar-refractivity contribution in [3.05, 3.63) is 44.8 Å². The number of nitrogen functional groups attached to an aromatic ring is 1. The van der Waals surface area contributed by atoms with E-state index in [2.05, 4.69) is 20.9 Å². The van der Waals surface area contributed by atoms with E-state index in [0.29, 0.717) is 28.1 Å². The number of rotatable bonds is 4. The van der Waals surface area contributed by atoms with E-state index < -0.39 is 0 Å². The van der Waals surface area contributed by atoms with Crippen LogP contribution in [0.15, 0.2) is 22.7 Å². The second-order valence-corrected chi connectivity index (χ2v) is 6.51. The van der Waals surface area contributed by atoms with Crippen molar-refractivity contribution in [2.75, 3.05) is 18.9 Å². The number of anilines is 1. The summed E-state index contributed by atoms with van der Waals surface area (Å²) in [5, 5.41) is 0.260. The van der Waals surface area contributed by atoms with Gasteiger partial charge < -0.3 is 15.2 Å². The molecular formula is C15H12BrCl2FN2O2. The molecule has 1 aliphatic rings. The average Bonchev–Trinajstić information content (AvgIpc) is 2.93. The summed E-state index contributed by atoms with van der Waals surface area (Å²) < 4.78 is 25.8. The number of alkyl halides is 1. The van der Waals surface area contributed by atoms with E-state index in [0.717, 1.165) is 5.56 Å². The van der Waals surface area contributed by atoms with Crippen LogP contribution in [0.2, 0.25) is 5.15 Å². The van der Waals surface area contributed by atoms with Gasteiger partial charge in [-0.3, -0.25) is 0 Å². The number of halogens is 4. The molecule has 1 atom stereocenters. The van der Waals surface area contributed by atoms with Gasteiger partial charge in [-0.2, -0.15) is 0 Å². The largest absolute Gasteiger partial charge is 0.493 e. The molecule has 8 heteroatoms. The maximum atomic E-state index is 13.9. The predicted molar refractivity (Wildman–Crippen MR) is 91.0 cm³/mol. The second-order valence-electron chi connectivity index (χ2n) is 5.03. The quantitative estimate of drug-likeness (QED) is 0.582. The first-order chi connectivity index (χ1) is 11.0. The molecule has 23 heavy (non-hydrogen) atoms. The van der Waals surface area contributed by atoms with Crippen molar-refractivity contribution < 1.29 is 13.9 Å². The third-order valence-corrected chi connectivity index (χ3v) is 5.00. The molecule has 0 saturated heterocycles. The Hall–Kier alpha value is -1.24. The third-order valence-electron chi connectivity index (χ3n) is 3.61. The van der Waals surface area contributed by atoms with Crippen LogP contribution >= 0.6 is 39.1 Å². The standard InChI is InChI=1S/C15H12BrCl2FN2O2/c16-9-3-12(15(20)21-14(9)18)23-6-7-5-22-11-2-1-10(19)8(4-17)13(7)11/h1-3,7H,4-6H2,(H2,20,21)/t7-/m1/s1. The molecule has 2 N–H and O–H groups in total. The monoisotopic (exact) mass is 420 g/mol. The van der Waals surface area contributed by atoms with Crippen molar-refractivity contribution in [1.82, 2.24) is 4.98 Å². The highest BCUT2D eigenvalue weighted by Crippen LogP contribution is 2.39. The molecule has 1 aromatic heterocycles. The summed E-state index contributed by atoms with van der Waals surface area (Å²) in [6.45, 7) is 0.658. The summed E-state index contributed by atoms with van der Waals surface area (Å²) in [4.78, 5) is 3.97. The van der Waals surface area contributed by atoms with E-state index >= 15 is 0 Å². The summed E-state index contributed by atoms with van der Waals surface area (Å²) in [6, 6.07) is 4.61. The van der Waals surface area contributed by atoms with Gasteiger partial charge in [0.05, 0.1) is 29.5 Å². The zero-order valence-electron chi connectivity index (χ0n) is 11.8. The van der Waals surface area contributed by atoms with Crippen LogP contribution in [0.3, 0.4) is 0 Å². The molecule has 0 amide bonds. The molecule has 122 valence electrons. The van der Waals surface area contributed by atoms with Gasteiger partial charge in [0.2, 0.25) is 0 Å². The van der Waals surface area contributed by atoms with Crippen LogP contribution in [0.5, 0.6) is 11.5 Å². The molecule has 0 aliphatic carbocycles. The summed E-state index contributed by atoms with van der Waals surface area (Å²) in [6.07, 6.45) is 0. The van der Waals surface area contributed by atoms with Gasteiger partial charge in [0.1, 0.15) is 16.7 Å². The lowest BCUT2D eigenvalue weighted by atomic mass is 9.97. The number of pyridine rings is 1. The Morgan fingerprint density at radius 3 is 3.00 bits per heavy atom. The van der Waals surface area contributed by atoms with Crippen LogP contribution in [0, 0.1) is 5.82 Å². The van der Waals surface area contributed by atoms with Gasteiger partial charge in [0.15, 0.2) is 11.6 Å². The zero-order chi connectivity index (χ0) is 16.6. The highest BCUT2D eigenvalue weighted by Gasteiger charge is 2.29. The Morgan fingerprint density at radius 2 is 2.26 bits per heavy atom. The molecule has 2 heterocycles. The lowest BCUT2D eigenvalue weighted by Gasteiger charge is -2.15. The number of hydrogen-bond acceptors (Lipinski definition) is 4. The highest BCUT2D eigenvalue weighted by molar-refractivity contribution is 9.10. The Morgan fingerprint density at radius 1 is 1.48 bits per heavy atom. The predicted octanol–water partition coefficient (Wildman–Crippen LogP) is 4.51. The molecule has 0 spiro atoms. The first-order valence-corrected chi connectivity index (χ1v) is 8.46.